The lowest BCUT2D eigenvalue weighted by Crippen LogP contribution is -2.50. The predicted octanol–water partition coefficient (Wildman–Crippen LogP) is 5.88. The predicted molar refractivity (Wildman–Crippen MR) is 168 cm³/mol. The van der Waals surface area contributed by atoms with Crippen molar-refractivity contribution in [2.45, 2.75) is 51.2 Å². The Hall–Kier alpha value is -4.75. The molecule has 0 spiro atoms. The Bertz CT molecular complexity index is 1820. The van der Waals surface area contributed by atoms with E-state index in [0.29, 0.717) is 18.8 Å². The molecular weight excluding hydrogens is 520 g/mol. The summed E-state index contributed by atoms with van der Waals surface area (Å²) >= 11 is 0. The molecule has 0 saturated carbocycles. The molecule has 42 heavy (non-hydrogen) atoms. The van der Waals surface area contributed by atoms with Crippen molar-refractivity contribution in [3.05, 3.63) is 132 Å². The second kappa shape index (κ2) is 11.6. The molecule has 0 aliphatic heterocycles. The summed E-state index contributed by atoms with van der Waals surface area (Å²) in [6.45, 7) is 4.02. The van der Waals surface area contributed by atoms with Gasteiger partial charge in [0, 0.05) is 29.9 Å². The average molecular weight is 557 g/mol. The van der Waals surface area contributed by atoms with Crippen molar-refractivity contribution < 1.29 is 4.79 Å². The molecule has 7 heteroatoms. The summed E-state index contributed by atoms with van der Waals surface area (Å²) < 4.78 is 2.19. The number of nitrogens with zero attached hydrogens (tertiary/aromatic N) is 3. The van der Waals surface area contributed by atoms with Crippen LogP contribution in [-0.4, -0.2) is 31.2 Å². The highest BCUT2D eigenvalue weighted by atomic mass is 16.2. The third-order valence-electron chi connectivity index (χ3n) is 7.85. The molecule has 0 bridgehead atoms. The zero-order valence-electron chi connectivity index (χ0n) is 24.0. The van der Waals surface area contributed by atoms with E-state index in [1.54, 1.807) is 13.8 Å². The van der Waals surface area contributed by atoms with Crippen molar-refractivity contribution in [3.8, 4) is 0 Å². The Labute approximate surface area is 245 Å². The molecule has 0 saturated heterocycles. The maximum absolute atomic E-state index is 13.3. The fourth-order valence-corrected chi connectivity index (χ4v) is 5.54. The van der Waals surface area contributed by atoms with E-state index < -0.39 is 11.6 Å². The van der Waals surface area contributed by atoms with Crippen molar-refractivity contribution >= 4 is 27.6 Å². The number of hydrogen-bond acceptors (Lipinski definition) is 4. The van der Waals surface area contributed by atoms with E-state index in [-0.39, 0.29) is 5.91 Å². The van der Waals surface area contributed by atoms with Gasteiger partial charge >= 0.3 is 0 Å². The van der Waals surface area contributed by atoms with Crippen LogP contribution in [0.15, 0.2) is 103 Å². The SMILES string of the molecule is CC(C)(N)C(=O)NC(Cc1c[nH]c2ccccc12)c1nnc(CCc2ccccc2)n1Cc1cccc2ccccc12. The first-order chi connectivity index (χ1) is 20.4. The molecule has 6 rings (SSSR count). The number of nitrogens with two attached hydrogens (primary N) is 1. The first kappa shape index (κ1) is 27.4. The molecule has 4 N–H and O–H groups in total. The number of carbonyl (C=O) groups is 1. The zero-order chi connectivity index (χ0) is 29.1. The van der Waals surface area contributed by atoms with Gasteiger partial charge in [-0.3, -0.25) is 4.79 Å². The number of aromatic nitrogens is 4. The maximum atomic E-state index is 13.3. The van der Waals surface area contributed by atoms with Gasteiger partial charge in [0.1, 0.15) is 5.82 Å². The standard InChI is InChI=1S/C35H36N6O/c1-35(2,36)34(42)38-31(21-27-22-37-30-18-9-8-17-29(27)30)33-40-39-32(20-19-24-11-4-3-5-12-24)41(33)23-26-15-10-14-25-13-6-7-16-28(25)26/h3-18,22,31,37H,19-21,23,36H2,1-2H3,(H,38,42). The van der Waals surface area contributed by atoms with Crippen LogP contribution in [0.1, 0.15) is 48.2 Å². The van der Waals surface area contributed by atoms with Crippen molar-refractivity contribution in [2.75, 3.05) is 0 Å². The van der Waals surface area contributed by atoms with E-state index in [1.165, 1.54) is 21.9 Å². The number of nitrogens with one attached hydrogen (secondary N) is 2. The van der Waals surface area contributed by atoms with Crippen molar-refractivity contribution in [3.63, 3.8) is 0 Å². The topological polar surface area (TPSA) is 102 Å². The number of fused-ring (bicyclic) bond motifs is 2. The van der Waals surface area contributed by atoms with Crippen molar-refractivity contribution in [1.82, 2.24) is 25.1 Å². The van der Waals surface area contributed by atoms with Gasteiger partial charge in [-0.15, -0.1) is 10.2 Å². The molecule has 6 aromatic rings. The molecule has 1 amide bonds. The Morgan fingerprint density at radius 1 is 0.857 bits per heavy atom. The molecular formula is C35H36N6O. The van der Waals surface area contributed by atoms with Gasteiger partial charge in [-0.05, 0) is 53.8 Å². The molecule has 1 atom stereocenters. The monoisotopic (exact) mass is 556 g/mol. The van der Waals surface area contributed by atoms with E-state index in [9.17, 15) is 4.79 Å². The van der Waals surface area contributed by atoms with Gasteiger partial charge in [0.05, 0.1) is 18.1 Å². The maximum Gasteiger partial charge on any atom is 0.240 e. The van der Waals surface area contributed by atoms with E-state index in [4.69, 9.17) is 15.9 Å². The van der Waals surface area contributed by atoms with Crippen LogP contribution in [0.2, 0.25) is 0 Å². The second-order valence-electron chi connectivity index (χ2n) is 11.5. The summed E-state index contributed by atoms with van der Waals surface area (Å²) in [6, 6.07) is 33.0. The number of aromatic amines is 1. The van der Waals surface area contributed by atoms with Crippen LogP contribution >= 0.6 is 0 Å². The van der Waals surface area contributed by atoms with Crippen LogP contribution in [0.4, 0.5) is 0 Å². The summed E-state index contributed by atoms with van der Waals surface area (Å²) in [6.07, 6.45) is 4.11. The Kier molecular flexibility index (Phi) is 7.59. The number of aryl methyl sites for hydroxylation is 2. The second-order valence-corrected chi connectivity index (χ2v) is 11.5. The molecule has 0 aliphatic rings. The number of para-hydroxylation sites is 1. The molecule has 0 aliphatic carbocycles. The average Bonchev–Trinajstić information content (AvgIpc) is 3.59. The highest BCUT2D eigenvalue weighted by Crippen LogP contribution is 2.27. The highest BCUT2D eigenvalue weighted by Gasteiger charge is 2.29. The molecule has 2 heterocycles. The Morgan fingerprint density at radius 3 is 2.38 bits per heavy atom. The fourth-order valence-electron chi connectivity index (χ4n) is 5.54. The highest BCUT2D eigenvalue weighted by molar-refractivity contribution is 5.87. The number of amides is 1. The molecule has 2 aromatic heterocycles. The molecule has 1 unspecified atom stereocenters. The normalized spacial score (nSPS) is 12.5. The Balaban J connectivity index is 1.43. The van der Waals surface area contributed by atoms with Crippen LogP contribution in [0, 0.1) is 0 Å². The van der Waals surface area contributed by atoms with Gasteiger partial charge < -0.3 is 20.6 Å². The minimum absolute atomic E-state index is 0.238. The van der Waals surface area contributed by atoms with Gasteiger partial charge in [0.15, 0.2) is 5.82 Å². The van der Waals surface area contributed by atoms with Gasteiger partial charge in [-0.2, -0.15) is 0 Å². The molecule has 4 aromatic carbocycles. The van der Waals surface area contributed by atoms with Crippen LogP contribution in [-0.2, 0) is 30.6 Å². The first-order valence-corrected chi connectivity index (χ1v) is 14.4. The molecule has 212 valence electrons. The minimum Gasteiger partial charge on any atom is -0.361 e. The van der Waals surface area contributed by atoms with Crippen LogP contribution < -0.4 is 11.1 Å². The number of hydrogen-bond donors (Lipinski definition) is 3. The largest absolute Gasteiger partial charge is 0.361 e. The molecule has 0 fully saturated rings. The van der Waals surface area contributed by atoms with E-state index in [0.717, 1.165) is 35.1 Å². The van der Waals surface area contributed by atoms with Gasteiger partial charge in [0.2, 0.25) is 5.91 Å². The number of benzene rings is 4. The summed E-state index contributed by atoms with van der Waals surface area (Å²) in [5.41, 5.74) is 9.77. The van der Waals surface area contributed by atoms with E-state index in [2.05, 4.69) is 93.7 Å². The fraction of sp³-hybridized carbons (Fsp3) is 0.229. The van der Waals surface area contributed by atoms with Crippen molar-refractivity contribution in [1.29, 1.82) is 0 Å². The van der Waals surface area contributed by atoms with Gasteiger partial charge in [0.25, 0.3) is 0 Å². The lowest BCUT2D eigenvalue weighted by molar-refractivity contribution is -0.126. The number of H-pyrrole nitrogens is 1. The van der Waals surface area contributed by atoms with Crippen LogP contribution in [0.25, 0.3) is 21.7 Å². The summed E-state index contributed by atoms with van der Waals surface area (Å²) in [7, 11) is 0. The first-order valence-electron chi connectivity index (χ1n) is 14.4. The third kappa shape index (κ3) is 5.83. The number of carbonyl (C=O) groups excluding carboxylic acids is 1. The van der Waals surface area contributed by atoms with Crippen LogP contribution in [0.3, 0.4) is 0 Å². The van der Waals surface area contributed by atoms with Crippen molar-refractivity contribution in [2.24, 2.45) is 5.73 Å². The lowest BCUT2D eigenvalue weighted by atomic mass is 10.0. The minimum atomic E-state index is -1.05. The third-order valence-corrected chi connectivity index (χ3v) is 7.85. The summed E-state index contributed by atoms with van der Waals surface area (Å²) in [4.78, 5) is 16.7. The lowest BCUT2D eigenvalue weighted by Gasteiger charge is -2.25. The number of rotatable bonds is 10. The van der Waals surface area contributed by atoms with Crippen LogP contribution in [0.5, 0.6) is 0 Å². The molecule has 7 nitrogen and oxygen atoms in total. The smallest absolute Gasteiger partial charge is 0.240 e. The van der Waals surface area contributed by atoms with Gasteiger partial charge in [-0.25, -0.2) is 0 Å². The van der Waals surface area contributed by atoms with E-state index >= 15 is 0 Å². The summed E-state index contributed by atoms with van der Waals surface area (Å²) in [5, 5.41) is 16.2. The Morgan fingerprint density at radius 2 is 1.57 bits per heavy atom. The molecule has 0 radical (unpaired) electrons. The van der Waals surface area contributed by atoms with E-state index in [1.807, 2.05) is 24.4 Å². The van der Waals surface area contributed by atoms with Gasteiger partial charge in [-0.1, -0.05) is 91.0 Å². The zero-order valence-corrected chi connectivity index (χ0v) is 24.0. The quantitative estimate of drug-likeness (QED) is 0.196. The summed E-state index contributed by atoms with van der Waals surface area (Å²) in [5.74, 6) is 1.36.